The Kier molecular flexibility index (Phi) is 4.79. The van der Waals surface area contributed by atoms with Crippen LogP contribution in [0.2, 0.25) is 0 Å². The Morgan fingerprint density at radius 3 is 2.44 bits per heavy atom. The molecule has 0 atom stereocenters. The molecule has 3 rings (SSSR count). The zero-order chi connectivity index (χ0) is 17.8. The number of hydrogen-bond donors (Lipinski definition) is 1. The highest BCUT2D eigenvalue weighted by Gasteiger charge is 2.14. The highest BCUT2D eigenvalue weighted by atomic mass is 19.1. The van der Waals surface area contributed by atoms with Gasteiger partial charge in [-0.15, -0.1) is 0 Å². The van der Waals surface area contributed by atoms with Gasteiger partial charge in [0.05, 0.1) is 18.5 Å². The van der Waals surface area contributed by atoms with Crippen LogP contribution in [0.3, 0.4) is 0 Å². The van der Waals surface area contributed by atoms with E-state index in [1.165, 1.54) is 12.1 Å². The number of hydrogen-bond acceptors (Lipinski definition) is 3. The number of aliphatic carboxylic acids is 1. The molecule has 0 saturated heterocycles. The van der Waals surface area contributed by atoms with Crippen molar-refractivity contribution < 1.29 is 19.0 Å². The average Bonchev–Trinajstić information content (AvgIpc) is 3.05. The van der Waals surface area contributed by atoms with Crippen molar-refractivity contribution in [1.82, 2.24) is 9.78 Å². The number of carboxylic acid groups (broad SMARTS) is 1. The Morgan fingerprint density at radius 1 is 1.16 bits per heavy atom. The maximum atomic E-state index is 13.1. The normalized spacial score (nSPS) is 10.6. The number of benzene rings is 2. The molecule has 1 N–H and O–H groups in total. The molecule has 1 aromatic heterocycles. The largest absolute Gasteiger partial charge is 0.497 e. The number of aromatic nitrogens is 2. The van der Waals surface area contributed by atoms with Gasteiger partial charge in [-0.05, 0) is 60.5 Å². The summed E-state index contributed by atoms with van der Waals surface area (Å²) >= 11 is 0. The van der Waals surface area contributed by atoms with Crippen LogP contribution in [0.15, 0.2) is 54.7 Å². The van der Waals surface area contributed by atoms with Crippen LogP contribution in [0.25, 0.3) is 16.9 Å². The van der Waals surface area contributed by atoms with Crippen molar-refractivity contribution in [2.24, 2.45) is 0 Å². The second-order valence-corrected chi connectivity index (χ2v) is 5.55. The second kappa shape index (κ2) is 7.17. The molecule has 0 spiro atoms. The molecular formula is C19H17FN2O3. The second-order valence-electron chi connectivity index (χ2n) is 5.55. The number of halogens is 1. The van der Waals surface area contributed by atoms with E-state index in [9.17, 15) is 9.18 Å². The van der Waals surface area contributed by atoms with Crippen LogP contribution in [0, 0.1) is 5.82 Å². The quantitative estimate of drug-likeness (QED) is 0.743. The molecule has 128 valence electrons. The summed E-state index contributed by atoms with van der Waals surface area (Å²) in [6.07, 6.45) is 2.16. The van der Waals surface area contributed by atoms with E-state index < -0.39 is 5.97 Å². The summed E-state index contributed by atoms with van der Waals surface area (Å²) in [5.74, 6) is -0.457. The summed E-state index contributed by atoms with van der Waals surface area (Å²) < 4.78 is 19.9. The maximum Gasteiger partial charge on any atom is 0.303 e. The Morgan fingerprint density at radius 2 is 1.84 bits per heavy atom. The van der Waals surface area contributed by atoms with Gasteiger partial charge in [0, 0.05) is 18.2 Å². The molecule has 0 bridgehead atoms. The number of nitrogens with zero attached hydrogens (tertiary/aromatic N) is 2. The fraction of sp³-hybridized carbons (Fsp3) is 0.158. The van der Waals surface area contributed by atoms with Crippen LogP contribution in [0.5, 0.6) is 5.75 Å². The summed E-state index contributed by atoms with van der Waals surface area (Å²) in [5.41, 5.74) is 3.09. The van der Waals surface area contributed by atoms with Crippen molar-refractivity contribution >= 4 is 5.97 Å². The standard InChI is InChI=1S/C19H17FN2O3/c1-25-17-9-2-13(3-10-17)19-14(4-11-18(23)24)12-22(21-19)16-7-5-15(20)6-8-16/h2-3,5-10,12H,4,11H2,1H3,(H,23,24). The van der Waals surface area contributed by atoms with Crippen LogP contribution in [0.1, 0.15) is 12.0 Å². The van der Waals surface area contributed by atoms with E-state index in [4.69, 9.17) is 9.84 Å². The summed E-state index contributed by atoms with van der Waals surface area (Å²) in [4.78, 5) is 10.9. The molecule has 0 aliphatic rings. The number of aryl methyl sites for hydroxylation is 1. The Bertz CT molecular complexity index is 871. The van der Waals surface area contributed by atoms with Gasteiger partial charge in [0.1, 0.15) is 11.6 Å². The highest BCUT2D eigenvalue weighted by molar-refractivity contribution is 5.69. The monoisotopic (exact) mass is 340 g/mol. The van der Waals surface area contributed by atoms with Gasteiger partial charge in [-0.1, -0.05) is 0 Å². The van der Waals surface area contributed by atoms with Gasteiger partial charge in [-0.25, -0.2) is 9.07 Å². The third kappa shape index (κ3) is 3.85. The van der Waals surface area contributed by atoms with Gasteiger partial charge >= 0.3 is 5.97 Å². The van der Waals surface area contributed by atoms with Gasteiger partial charge in [0.15, 0.2) is 0 Å². The van der Waals surface area contributed by atoms with Crippen molar-refractivity contribution in [3.8, 4) is 22.7 Å². The average molecular weight is 340 g/mol. The molecule has 0 fully saturated rings. The molecular weight excluding hydrogens is 323 g/mol. The Labute approximate surface area is 144 Å². The minimum absolute atomic E-state index is 0.0122. The molecule has 0 saturated carbocycles. The lowest BCUT2D eigenvalue weighted by Gasteiger charge is -2.03. The third-order valence-corrected chi connectivity index (χ3v) is 3.85. The molecule has 3 aromatic rings. The lowest BCUT2D eigenvalue weighted by molar-refractivity contribution is -0.136. The van der Waals surface area contributed by atoms with E-state index in [0.717, 1.165) is 16.9 Å². The molecule has 6 heteroatoms. The molecule has 0 aliphatic carbocycles. The summed E-state index contributed by atoms with van der Waals surface area (Å²) in [7, 11) is 1.59. The van der Waals surface area contributed by atoms with Crippen molar-refractivity contribution in [1.29, 1.82) is 0 Å². The van der Waals surface area contributed by atoms with Gasteiger partial charge < -0.3 is 9.84 Å². The number of ether oxygens (including phenoxy) is 1. The van der Waals surface area contributed by atoms with Gasteiger partial charge in [-0.3, -0.25) is 4.79 Å². The molecule has 0 unspecified atom stereocenters. The fourth-order valence-electron chi connectivity index (χ4n) is 2.55. The highest BCUT2D eigenvalue weighted by Crippen LogP contribution is 2.26. The number of rotatable bonds is 6. The number of methoxy groups -OCH3 is 1. The van der Waals surface area contributed by atoms with E-state index in [1.807, 2.05) is 24.3 Å². The third-order valence-electron chi connectivity index (χ3n) is 3.85. The minimum Gasteiger partial charge on any atom is -0.497 e. The molecule has 0 aliphatic heterocycles. The number of carboxylic acids is 1. The van der Waals surface area contributed by atoms with Crippen LogP contribution in [-0.2, 0) is 11.2 Å². The summed E-state index contributed by atoms with van der Waals surface area (Å²) in [6, 6.07) is 13.4. The van der Waals surface area contributed by atoms with E-state index in [-0.39, 0.29) is 12.2 Å². The predicted molar refractivity (Wildman–Crippen MR) is 91.5 cm³/mol. The topological polar surface area (TPSA) is 64.4 Å². The lowest BCUT2D eigenvalue weighted by Crippen LogP contribution is -1.97. The molecule has 0 radical (unpaired) electrons. The van der Waals surface area contributed by atoms with Crippen molar-refractivity contribution in [2.75, 3.05) is 7.11 Å². The van der Waals surface area contributed by atoms with E-state index in [0.29, 0.717) is 17.8 Å². The molecule has 1 heterocycles. The first kappa shape index (κ1) is 16.7. The first-order chi connectivity index (χ1) is 12.1. The first-order valence-electron chi connectivity index (χ1n) is 7.77. The van der Waals surface area contributed by atoms with Crippen LogP contribution >= 0.6 is 0 Å². The molecule has 0 amide bonds. The fourth-order valence-corrected chi connectivity index (χ4v) is 2.55. The van der Waals surface area contributed by atoms with Gasteiger partial charge in [0.2, 0.25) is 0 Å². The van der Waals surface area contributed by atoms with E-state index in [1.54, 1.807) is 30.1 Å². The maximum absolute atomic E-state index is 13.1. The van der Waals surface area contributed by atoms with Gasteiger partial charge in [0.25, 0.3) is 0 Å². The summed E-state index contributed by atoms with van der Waals surface area (Å²) in [6.45, 7) is 0. The Hall–Kier alpha value is -3.15. The van der Waals surface area contributed by atoms with Crippen LogP contribution in [-0.4, -0.2) is 28.0 Å². The SMILES string of the molecule is COc1ccc(-c2nn(-c3ccc(F)cc3)cc2CCC(=O)O)cc1. The van der Waals surface area contributed by atoms with Gasteiger partial charge in [-0.2, -0.15) is 5.10 Å². The smallest absolute Gasteiger partial charge is 0.303 e. The first-order valence-corrected chi connectivity index (χ1v) is 7.77. The zero-order valence-corrected chi connectivity index (χ0v) is 13.6. The van der Waals surface area contributed by atoms with E-state index >= 15 is 0 Å². The van der Waals surface area contributed by atoms with E-state index in [2.05, 4.69) is 5.10 Å². The lowest BCUT2D eigenvalue weighted by atomic mass is 10.0. The predicted octanol–water partition coefficient (Wildman–Crippen LogP) is 3.70. The van der Waals surface area contributed by atoms with Crippen molar-refractivity contribution in [2.45, 2.75) is 12.8 Å². The van der Waals surface area contributed by atoms with Crippen LogP contribution < -0.4 is 4.74 Å². The van der Waals surface area contributed by atoms with Crippen molar-refractivity contribution in [3.05, 3.63) is 66.1 Å². The minimum atomic E-state index is -0.866. The summed E-state index contributed by atoms with van der Waals surface area (Å²) in [5, 5.41) is 13.5. The molecule has 2 aromatic carbocycles. The Balaban J connectivity index is 2.01. The van der Waals surface area contributed by atoms with Crippen molar-refractivity contribution in [3.63, 3.8) is 0 Å². The number of carbonyl (C=O) groups is 1. The molecule has 25 heavy (non-hydrogen) atoms. The van der Waals surface area contributed by atoms with Crippen LogP contribution in [0.4, 0.5) is 4.39 Å². The zero-order valence-electron chi connectivity index (χ0n) is 13.6. The molecule has 5 nitrogen and oxygen atoms in total.